The Morgan fingerprint density at radius 3 is 2.74 bits per heavy atom. The molecule has 4 rings (SSSR count). The SMILES string of the molecule is CC[C@H](C)NC(=O)CCn1c(=O)c2ccccc2n2c(SCC(=O)NCc3cccs3)nnc12. The van der Waals surface area contributed by atoms with Crippen LogP contribution in [-0.2, 0) is 22.7 Å². The van der Waals surface area contributed by atoms with Crippen LogP contribution in [0.2, 0.25) is 0 Å². The smallest absolute Gasteiger partial charge is 0.262 e. The molecule has 4 aromatic rings. The van der Waals surface area contributed by atoms with Crippen LogP contribution >= 0.6 is 23.1 Å². The summed E-state index contributed by atoms with van der Waals surface area (Å²) in [6.07, 6.45) is 0.982. The van der Waals surface area contributed by atoms with Crippen molar-refractivity contribution in [3.8, 4) is 0 Å². The molecule has 2 N–H and O–H groups in total. The van der Waals surface area contributed by atoms with E-state index in [1.54, 1.807) is 27.9 Å². The van der Waals surface area contributed by atoms with Crippen molar-refractivity contribution < 1.29 is 9.59 Å². The zero-order chi connectivity index (χ0) is 24.1. The molecule has 0 saturated heterocycles. The number of carbonyl (C=O) groups is 2. The molecular formula is C23H26N6O3S2. The molecule has 3 heterocycles. The summed E-state index contributed by atoms with van der Waals surface area (Å²) in [5, 5.41) is 17.3. The first kappa shape index (κ1) is 24.0. The van der Waals surface area contributed by atoms with E-state index in [9.17, 15) is 14.4 Å². The van der Waals surface area contributed by atoms with Crippen molar-refractivity contribution in [3.05, 3.63) is 57.0 Å². The fourth-order valence-electron chi connectivity index (χ4n) is 3.47. The number of aryl methyl sites for hydroxylation is 1. The fraction of sp³-hybridized carbons (Fsp3) is 0.348. The molecule has 11 heteroatoms. The molecule has 2 amide bonds. The first-order chi connectivity index (χ1) is 16.5. The van der Waals surface area contributed by atoms with Crippen molar-refractivity contribution in [2.45, 2.75) is 51.0 Å². The predicted octanol–water partition coefficient (Wildman–Crippen LogP) is 2.82. The fourth-order valence-corrected chi connectivity index (χ4v) is 4.89. The van der Waals surface area contributed by atoms with E-state index in [-0.39, 0.29) is 42.1 Å². The molecule has 0 bridgehead atoms. The summed E-state index contributed by atoms with van der Waals surface area (Å²) in [4.78, 5) is 38.9. The van der Waals surface area contributed by atoms with Gasteiger partial charge < -0.3 is 10.6 Å². The molecule has 0 aliphatic heterocycles. The van der Waals surface area contributed by atoms with Crippen LogP contribution in [0, 0.1) is 0 Å². The van der Waals surface area contributed by atoms with Crippen LogP contribution in [0.3, 0.4) is 0 Å². The summed E-state index contributed by atoms with van der Waals surface area (Å²) in [6.45, 7) is 4.61. The Bertz CT molecular complexity index is 1360. The summed E-state index contributed by atoms with van der Waals surface area (Å²) in [6, 6.07) is 11.2. The number of carbonyl (C=O) groups excluding carboxylic acids is 2. The van der Waals surface area contributed by atoms with Gasteiger partial charge in [0.05, 0.1) is 23.2 Å². The molecule has 0 aliphatic carbocycles. The number of hydrogen-bond acceptors (Lipinski definition) is 7. The minimum absolute atomic E-state index is 0.0721. The van der Waals surface area contributed by atoms with E-state index < -0.39 is 0 Å². The van der Waals surface area contributed by atoms with Gasteiger partial charge in [-0.05, 0) is 36.9 Å². The number of para-hydroxylation sites is 1. The van der Waals surface area contributed by atoms with Gasteiger partial charge in [0.15, 0.2) is 5.16 Å². The molecule has 178 valence electrons. The van der Waals surface area contributed by atoms with Crippen molar-refractivity contribution in [2.75, 3.05) is 5.75 Å². The Labute approximate surface area is 204 Å². The highest BCUT2D eigenvalue weighted by Gasteiger charge is 2.18. The molecular weight excluding hydrogens is 472 g/mol. The molecule has 0 unspecified atom stereocenters. The number of amides is 2. The Balaban J connectivity index is 1.57. The van der Waals surface area contributed by atoms with Gasteiger partial charge in [-0.25, -0.2) is 0 Å². The van der Waals surface area contributed by atoms with Crippen molar-refractivity contribution in [1.82, 2.24) is 29.8 Å². The van der Waals surface area contributed by atoms with Crippen LogP contribution < -0.4 is 16.2 Å². The number of thiophene rings is 1. The molecule has 1 atom stereocenters. The monoisotopic (exact) mass is 498 g/mol. The van der Waals surface area contributed by atoms with Gasteiger partial charge in [-0.3, -0.25) is 23.4 Å². The van der Waals surface area contributed by atoms with Crippen LogP contribution in [0.1, 0.15) is 31.6 Å². The van der Waals surface area contributed by atoms with E-state index in [1.165, 1.54) is 16.3 Å². The standard InChI is InChI=1S/C23H26N6O3S2/c1-3-15(2)25-19(30)10-11-28-21(32)17-8-4-5-9-18(17)29-22(28)26-27-23(29)34-14-20(31)24-13-16-7-6-12-33-16/h4-9,12,15H,3,10-11,13-14H2,1-2H3,(H,24,31)(H,25,30)/t15-/m0/s1. The Kier molecular flexibility index (Phi) is 7.63. The molecule has 0 fully saturated rings. The summed E-state index contributed by atoms with van der Waals surface area (Å²) < 4.78 is 3.26. The highest BCUT2D eigenvalue weighted by atomic mass is 32.2. The van der Waals surface area contributed by atoms with Crippen molar-refractivity contribution in [3.63, 3.8) is 0 Å². The lowest BCUT2D eigenvalue weighted by atomic mass is 10.2. The largest absolute Gasteiger partial charge is 0.354 e. The number of nitrogens with one attached hydrogen (secondary N) is 2. The maximum atomic E-state index is 13.2. The minimum atomic E-state index is -0.225. The molecule has 3 aromatic heterocycles. The lowest BCUT2D eigenvalue weighted by molar-refractivity contribution is -0.122. The van der Waals surface area contributed by atoms with Gasteiger partial charge in [0.25, 0.3) is 5.56 Å². The van der Waals surface area contributed by atoms with E-state index in [2.05, 4.69) is 20.8 Å². The number of thioether (sulfide) groups is 1. The van der Waals surface area contributed by atoms with Gasteiger partial charge in [0, 0.05) is 23.9 Å². The van der Waals surface area contributed by atoms with Crippen LogP contribution in [0.25, 0.3) is 16.7 Å². The average molecular weight is 499 g/mol. The Morgan fingerprint density at radius 1 is 1.15 bits per heavy atom. The highest BCUT2D eigenvalue weighted by molar-refractivity contribution is 7.99. The topological polar surface area (TPSA) is 110 Å². The number of aromatic nitrogens is 4. The van der Waals surface area contributed by atoms with Crippen LogP contribution in [0.5, 0.6) is 0 Å². The predicted molar refractivity (Wildman–Crippen MR) is 134 cm³/mol. The second-order valence-corrected chi connectivity index (χ2v) is 9.84. The van der Waals surface area contributed by atoms with Crippen molar-refractivity contribution in [2.24, 2.45) is 0 Å². The maximum absolute atomic E-state index is 13.2. The van der Waals surface area contributed by atoms with Gasteiger partial charge >= 0.3 is 0 Å². The third kappa shape index (κ3) is 5.31. The second kappa shape index (κ2) is 10.8. The van der Waals surface area contributed by atoms with Crippen LogP contribution in [-0.4, -0.2) is 42.8 Å². The van der Waals surface area contributed by atoms with Gasteiger partial charge in [0.1, 0.15) is 0 Å². The lowest BCUT2D eigenvalue weighted by Gasteiger charge is -2.13. The van der Waals surface area contributed by atoms with Gasteiger partial charge in [-0.15, -0.1) is 21.5 Å². The van der Waals surface area contributed by atoms with Crippen LogP contribution in [0.15, 0.2) is 51.7 Å². The third-order valence-corrected chi connectivity index (χ3v) is 7.24. The van der Waals surface area contributed by atoms with E-state index >= 15 is 0 Å². The summed E-state index contributed by atoms with van der Waals surface area (Å²) >= 11 is 2.84. The molecule has 34 heavy (non-hydrogen) atoms. The molecule has 0 spiro atoms. The minimum Gasteiger partial charge on any atom is -0.354 e. The molecule has 0 radical (unpaired) electrons. The van der Waals surface area contributed by atoms with E-state index in [0.29, 0.717) is 28.4 Å². The van der Waals surface area contributed by atoms with Gasteiger partial charge in [-0.1, -0.05) is 36.9 Å². The van der Waals surface area contributed by atoms with E-state index in [4.69, 9.17) is 0 Å². The molecule has 0 aliphatic rings. The summed E-state index contributed by atoms with van der Waals surface area (Å²) in [5.41, 5.74) is 0.436. The molecule has 9 nitrogen and oxygen atoms in total. The average Bonchev–Trinajstić information content (AvgIpc) is 3.51. The van der Waals surface area contributed by atoms with Gasteiger partial charge in [-0.2, -0.15) is 0 Å². The lowest BCUT2D eigenvalue weighted by Crippen LogP contribution is -2.33. The van der Waals surface area contributed by atoms with Gasteiger partial charge in [0.2, 0.25) is 17.6 Å². The number of fused-ring (bicyclic) bond motifs is 3. The van der Waals surface area contributed by atoms with E-state index in [0.717, 1.165) is 11.3 Å². The first-order valence-electron chi connectivity index (χ1n) is 11.1. The van der Waals surface area contributed by atoms with Crippen molar-refractivity contribution in [1.29, 1.82) is 0 Å². The first-order valence-corrected chi connectivity index (χ1v) is 12.9. The van der Waals surface area contributed by atoms with Crippen molar-refractivity contribution >= 4 is 51.6 Å². The third-order valence-electron chi connectivity index (χ3n) is 5.43. The second-order valence-electron chi connectivity index (χ2n) is 7.86. The van der Waals surface area contributed by atoms with Crippen LogP contribution in [0.4, 0.5) is 0 Å². The number of rotatable bonds is 10. The number of benzene rings is 1. The Hall–Kier alpha value is -3.18. The normalized spacial score (nSPS) is 12.2. The quantitative estimate of drug-likeness (QED) is 0.325. The number of hydrogen-bond donors (Lipinski definition) is 2. The zero-order valence-corrected chi connectivity index (χ0v) is 20.6. The number of nitrogens with zero attached hydrogens (tertiary/aromatic N) is 4. The van der Waals surface area contributed by atoms with E-state index in [1.807, 2.05) is 43.5 Å². The summed E-state index contributed by atoms with van der Waals surface area (Å²) in [5.74, 6) is 0.275. The Morgan fingerprint density at radius 2 is 1.97 bits per heavy atom. The zero-order valence-electron chi connectivity index (χ0n) is 19.0. The highest BCUT2D eigenvalue weighted by Crippen LogP contribution is 2.21. The summed E-state index contributed by atoms with van der Waals surface area (Å²) in [7, 11) is 0. The molecule has 1 aromatic carbocycles. The maximum Gasteiger partial charge on any atom is 0.262 e. The molecule has 0 saturated carbocycles.